The standard InChI is InChI=1S/C22H26N2O5S/c1-13(21(25)16-11-15(27-2)6-8-19(16)28-3)9-14-5-7-20(29-4)18(10-14)24-22(26)17(23)12-30/h5-11,17,30H,12,23H2,1-4H3,(H,24,26). The van der Waals surface area contributed by atoms with E-state index in [1.165, 1.54) is 21.3 Å². The van der Waals surface area contributed by atoms with E-state index in [4.69, 9.17) is 19.9 Å². The zero-order valence-electron chi connectivity index (χ0n) is 17.4. The molecule has 2 aromatic rings. The van der Waals surface area contributed by atoms with Crippen LogP contribution in [0.4, 0.5) is 5.69 Å². The number of amides is 1. The van der Waals surface area contributed by atoms with Crippen LogP contribution in [0.1, 0.15) is 22.8 Å². The summed E-state index contributed by atoms with van der Waals surface area (Å²) in [7, 11) is 4.54. The smallest absolute Gasteiger partial charge is 0.242 e. The molecule has 0 aromatic heterocycles. The quantitative estimate of drug-likeness (QED) is 0.321. The average molecular weight is 431 g/mol. The van der Waals surface area contributed by atoms with Crippen LogP contribution in [0.2, 0.25) is 0 Å². The number of carbonyl (C=O) groups is 2. The Morgan fingerprint density at radius 1 is 1.07 bits per heavy atom. The van der Waals surface area contributed by atoms with Crippen LogP contribution in [0, 0.1) is 0 Å². The Labute approximate surface area is 181 Å². The first-order valence-corrected chi connectivity index (χ1v) is 9.78. The van der Waals surface area contributed by atoms with Gasteiger partial charge < -0.3 is 25.3 Å². The summed E-state index contributed by atoms with van der Waals surface area (Å²) in [6.45, 7) is 1.71. The van der Waals surface area contributed by atoms with Crippen LogP contribution in [0.15, 0.2) is 42.0 Å². The lowest BCUT2D eigenvalue weighted by atomic mass is 10.0. The van der Waals surface area contributed by atoms with Crippen molar-refractivity contribution in [1.82, 2.24) is 0 Å². The van der Waals surface area contributed by atoms with Crippen molar-refractivity contribution >= 4 is 36.1 Å². The average Bonchev–Trinajstić information content (AvgIpc) is 2.77. The van der Waals surface area contributed by atoms with Crippen molar-refractivity contribution in [3.8, 4) is 17.2 Å². The van der Waals surface area contributed by atoms with Gasteiger partial charge in [-0.25, -0.2) is 0 Å². The Kier molecular flexibility index (Phi) is 8.32. The normalized spacial score (nSPS) is 12.1. The first kappa shape index (κ1) is 23.3. The molecule has 0 fully saturated rings. The Balaban J connectivity index is 2.37. The fourth-order valence-corrected chi connectivity index (χ4v) is 2.91. The van der Waals surface area contributed by atoms with Gasteiger partial charge in [0.25, 0.3) is 0 Å². The highest BCUT2D eigenvalue weighted by atomic mass is 32.1. The summed E-state index contributed by atoms with van der Waals surface area (Å²) in [5, 5.41) is 2.73. The number of Topliss-reactive ketones (excluding diaryl/α,β-unsaturated/α-hetero) is 1. The molecule has 0 aliphatic carbocycles. The molecule has 1 unspecified atom stereocenters. The number of thiol groups is 1. The second-order valence-corrected chi connectivity index (χ2v) is 6.83. The molecule has 2 rings (SSSR count). The summed E-state index contributed by atoms with van der Waals surface area (Å²) in [6.07, 6.45) is 1.72. The maximum absolute atomic E-state index is 13.0. The first-order valence-electron chi connectivity index (χ1n) is 9.15. The van der Waals surface area contributed by atoms with E-state index in [1.54, 1.807) is 49.4 Å². The highest BCUT2D eigenvalue weighted by Gasteiger charge is 2.17. The van der Waals surface area contributed by atoms with Gasteiger partial charge in [-0.3, -0.25) is 9.59 Å². The van der Waals surface area contributed by atoms with Crippen LogP contribution in [0.5, 0.6) is 17.2 Å². The van der Waals surface area contributed by atoms with Gasteiger partial charge in [-0.2, -0.15) is 12.6 Å². The number of methoxy groups -OCH3 is 3. The monoisotopic (exact) mass is 430 g/mol. The number of ketones is 1. The number of benzene rings is 2. The molecule has 0 saturated heterocycles. The zero-order chi connectivity index (χ0) is 22.3. The fourth-order valence-electron chi connectivity index (χ4n) is 2.74. The number of allylic oxidation sites excluding steroid dienone is 1. The molecule has 160 valence electrons. The molecule has 1 atom stereocenters. The van der Waals surface area contributed by atoms with Gasteiger partial charge in [0.05, 0.1) is 38.6 Å². The van der Waals surface area contributed by atoms with Crippen molar-refractivity contribution < 1.29 is 23.8 Å². The minimum atomic E-state index is -0.749. The van der Waals surface area contributed by atoms with E-state index in [-0.39, 0.29) is 17.4 Å². The van der Waals surface area contributed by atoms with E-state index in [1.807, 2.05) is 0 Å². The van der Waals surface area contributed by atoms with Crippen molar-refractivity contribution in [3.05, 3.63) is 53.1 Å². The van der Waals surface area contributed by atoms with Crippen molar-refractivity contribution in [2.75, 3.05) is 32.4 Å². The zero-order valence-corrected chi connectivity index (χ0v) is 18.3. The highest BCUT2D eigenvalue weighted by molar-refractivity contribution is 7.80. The van der Waals surface area contributed by atoms with Crippen LogP contribution >= 0.6 is 12.6 Å². The van der Waals surface area contributed by atoms with Crippen molar-refractivity contribution in [2.45, 2.75) is 13.0 Å². The Hall–Kier alpha value is -2.97. The number of carbonyl (C=O) groups excluding carboxylic acids is 2. The maximum atomic E-state index is 13.0. The van der Waals surface area contributed by atoms with Gasteiger partial charge in [-0.1, -0.05) is 6.07 Å². The molecule has 0 radical (unpaired) electrons. The largest absolute Gasteiger partial charge is 0.497 e. The molecule has 0 heterocycles. The summed E-state index contributed by atoms with van der Waals surface area (Å²) in [5.41, 5.74) is 7.76. The Morgan fingerprint density at radius 3 is 2.33 bits per heavy atom. The SMILES string of the molecule is COc1ccc(OC)c(C(=O)C(C)=Cc2ccc(OC)c(NC(=O)C(N)CS)c2)c1. The van der Waals surface area contributed by atoms with Crippen molar-refractivity contribution in [2.24, 2.45) is 5.73 Å². The number of hydrogen-bond donors (Lipinski definition) is 3. The lowest BCUT2D eigenvalue weighted by molar-refractivity contribution is -0.116. The third-order valence-electron chi connectivity index (χ3n) is 4.41. The maximum Gasteiger partial charge on any atom is 0.242 e. The van der Waals surface area contributed by atoms with E-state index in [0.29, 0.717) is 39.6 Å². The molecule has 0 bridgehead atoms. The minimum absolute atomic E-state index is 0.204. The van der Waals surface area contributed by atoms with Crippen LogP contribution in [-0.4, -0.2) is 44.8 Å². The molecule has 0 aliphatic heterocycles. The number of ether oxygens (including phenoxy) is 3. The molecule has 8 heteroatoms. The summed E-state index contributed by atoms with van der Waals surface area (Å²) >= 11 is 4.04. The number of hydrogen-bond acceptors (Lipinski definition) is 7. The van der Waals surface area contributed by atoms with E-state index in [9.17, 15) is 9.59 Å². The molecule has 3 N–H and O–H groups in total. The minimum Gasteiger partial charge on any atom is -0.497 e. The second-order valence-electron chi connectivity index (χ2n) is 6.46. The first-order chi connectivity index (χ1) is 14.3. The summed E-state index contributed by atoms with van der Waals surface area (Å²) in [5.74, 6) is 1.12. The molecule has 0 aliphatic rings. The number of anilines is 1. The molecule has 2 aromatic carbocycles. The van der Waals surface area contributed by atoms with Crippen molar-refractivity contribution in [3.63, 3.8) is 0 Å². The molecule has 0 saturated carbocycles. The predicted molar refractivity (Wildman–Crippen MR) is 121 cm³/mol. The van der Waals surface area contributed by atoms with Crippen LogP contribution in [-0.2, 0) is 4.79 Å². The molecule has 7 nitrogen and oxygen atoms in total. The van der Waals surface area contributed by atoms with Gasteiger partial charge in [-0.05, 0) is 54.5 Å². The summed E-state index contributed by atoms with van der Waals surface area (Å²) < 4.78 is 15.8. The van der Waals surface area contributed by atoms with E-state index in [0.717, 1.165) is 0 Å². The van der Waals surface area contributed by atoms with Crippen LogP contribution in [0.3, 0.4) is 0 Å². The fraction of sp³-hybridized carbons (Fsp3) is 0.273. The predicted octanol–water partition coefficient (Wildman–Crippen LogP) is 3.19. The van der Waals surface area contributed by atoms with Gasteiger partial charge >= 0.3 is 0 Å². The second kappa shape index (κ2) is 10.7. The van der Waals surface area contributed by atoms with E-state index < -0.39 is 6.04 Å². The van der Waals surface area contributed by atoms with Gasteiger partial charge in [0.2, 0.25) is 5.91 Å². The summed E-state index contributed by atoms with van der Waals surface area (Å²) in [6, 6.07) is 9.50. The topological polar surface area (TPSA) is 99.9 Å². The molecule has 30 heavy (non-hydrogen) atoms. The molecular formula is C22H26N2O5S. The van der Waals surface area contributed by atoms with Gasteiger partial charge in [0.15, 0.2) is 5.78 Å². The third-order valence-corrected chi connectivity index (χ3v) is 4.80. The van der Waals surface area contributed by atoms with Gasteiger partial charge in [-0.15, -0.1) is 0 Å². The van der Waals surface area contributed by atoms with E-state index in [2.05, 4.69) is 17.9 Å². The Bertz CT molecular complexity index is 959. The number of nitrogens with one attached hydrogen (secondary N) is 1. The van der Waals surface area contributed by atoms with Crippen LogP contribution < -0.4 is 25.3 Å². The number of nitrogens with two attached hydrogens (primary N) is 1. The highest BCUT2D eigenvalue weighted by Crippen LogP contribution is 2.29. The van der Waals surface area contributed by atoms with Crippen molar-refractivity contribution in [1.29, 1.82) is 0 Å². The summed E-state index contributed by atoms with van der Waals surface area (Å²) in [4.78, 5) is 25.1. The molecular weight excluding hydrogens is 404 g/mol. The van der Waals surface area contributed by atoms with Gasteiger partial charge in [0.1, 0.15) is 17.2 Å². The number of rotatable bonds is 9. The molecule has 1 amide bonds. The van der Waals surface area contributed by atoms with Gasteiger partial charge in [0, 0.05) is 5.75 Å². The lowest BCUT2D eigenvalue weighted by Gasteiger charge is -2.14. The van der Waals surface area contributed by atoms with Crippen LogP contribution in [0.25, 0.3) is 6.08 Å². The lowest BCUT2D eigenvalue weighted by Crippen LogP contribution is -2.37. The third kappa shape index (κ3) is 5.55. The van der Waals surface area contributed by atoms with E-state index >= 15 is 0 Å². The molecule has 0 spiro atoms. The Morgan fingerprint density at radius 2 is 1.73 bits per heavy atom.